The fraction of sp³-hybridized carbons (Fsp3) is 0.111. The molecular weight excluding hydrogens is 423 g/mol. The molecule has 0 fully saturated rings. The van der Waals surface area contributed by atoms with Gasteiger partial charge in [-0.25, -0.2) is 0 Å². The van der Waals surface area contributed by atoms with Gasteiger partial charge in [-0.2, -0.15) is 0 Å². The minimum atomic E-state index is 0. The van der Waals surface area contributed by atoms with Gasteiger partial charge in [0.2, 0.25) is 0 Å². The maximum atomic E-state index is 3.36. The van der Waals surface area contributed by atoms with E-state index in [9.17, 15) is 0 Å². The molecule has 0 saturated heterocycles. The van der Waals surface area contributed by atoms with Crippen molar-refractivity contribution in [2.45, 2.75) is 6.92 Å². The van der Waals surface area contributed by atoms with E-state index in [0.717, 1.165) is 4.47 Å². The summed E-state index contributed by atoms with van der Waals surface area (Å²) in [6.45, 7) is 2.07. The molecule has 0 atom stereocenters. The van der Waals surface area contributed by atoms with E-state index in [1.54, 1.807) is 0 Å². The number of aryl methyl sites for hydroxylation is 1. The molecule has 69 valence electrons. The summed E-state index contributed by atoms with van der Waals surface area (Å²) in [6.07, 6.45) is 0. The fourth-order valence-corrected chi connectivity index (χ4v) is 1.12. The molecule has 1 radical (unpaired) electrons. The van der Waals surface area contributed by atoms with Gasteiger partial charge in [0.25, 0.3) is 0 Å². The predicted octanol–water partition coefficient (Wildman–Crippen LogP) is 3.65. The van der Waals surface area contributed by atoms with Gasteiger partial charge in [-0.1, -0.05) is 33.6 Å². The van der Waals surface area contributed by atoms with E-state index in [1.165, 1.54) is 5.56 Å². The molecule has 0 bridgehead atoms. The Morgan fingerprint density at radius 1 is 1.17 bits per heavy atom. The summed E-state index contributed by atoms with van der Waals surface area (Å²) in [5.74, 6) is 0. The number of hydrogen-bond donors (Lipinski definition) is 0. The van der Waals surface area contributed by atoms with Gasteiger partial charge in [0.1, 0.15) is 0 Å². The van der Waals surface area contributed by atoms with Crippen LogP contribution in [-0.4, -0.2) is 0 Å². The van der Waals surface area contributed by atoms with Crippen LogP contribution in [0.4, 0.5) is 0 Å². The van der Waals surface area contributed by atoms with E-state index in [1.807, 2.05) is 12.1 Å². The minimum Gasteiger partial charge on any atom is -0.358 e. The minimum absolute atomic E-state index is 0. The molecular formula is C9H13BrVW-2. The van der Waals surface area contributed by atoms with Crippen LogP contribution >= 0.6 is 15.9 Å². The Bertz CT molecular complexity index is 174. The average Bonchev–Trinajstić information content (AvgIpc) is 1.64. The second kappa shape index (κ2) is 12.0. The van der Waals surface area contributed by atoms with Crippen molar-refractivity contribution < 1.29 is 39.6 Å². The van der Waals surface area contributed by atoms with Gasteiger partial charge in [-0.3, -0.25) is 0 Å². The first-order chi connectivity index (χ1) is 3.79. The Hall–Kier alpha value is 0.973. The summed E-state index contributed by atoms with van der Waals surface area (Å²) < 4.78 is 1.15. The van der Waals surface area contributed by atoms with E-state index >= 15 is 0 Å². The van der Waals surface area contributed by atoms with Crippen LogP contribution in [-0.2, 0) is 39.6 Å². The summed E-state index contributed by atoms with van der Waals surface area (Å²) >= 11 is 3.36. The molecule has 0 spiro atoms. The van der Waals surface area contributed by atoms with Crippen molar-refractivity contribution in [2.75, 3.05) is 0 Å². The largest absolute Gasteiger partial charge is 0.358 e. The van der Waals surface area contributed by atoms with Gasteiger partial charge in [-0.15, -0.1) is 0 Å². The zero-order valence-electron chi connectivity index (χ0n) is 7.54. The van der Waals surface area contributed by atoms with Gasteiger partial charge >= 0.3 is 0 Å². The third kappa shape index (κ3) is 9.06. The second-order valence-corrected chi connectivity index (χ2v) is 2.71. The Kier molecular flexibility index (Phi) is 23.0. The second-order valence-electron chi connectivity index (χ2n) is 1.80. The predicted molar refractivity (Wildman–Crippen MR) is 51.7 cm³/mol. The Balaban J connectivity index is -0.0000000800. The van der Waals surface area contributed by atoms with Gasteiger partial charge in [0.15, 0.2) is 0 Å². The molecule has 1 aromatic rings. The van der Waals surface area contributed by atoms with Crippen LogP contribution < -0.4 is 0 Å². The SMILES string of the molecule is Cc1cccc(Br)c1.[CH3-].[CH3-].[V].[W]. The Morgan fingerprint density at radius 3 is 1.92 bits per heavy atom. The average molecular weight is 436 g/mol. The van der Waals surface area contributed by atoms with Crippen molar-refractivity contribution in [3.05, 3.63) is 49.2 Å². The molecule has 12 heavy (non-hydrogen) atoms. The first-order valence-corrected chi connectivity index (χ1v) is 3.30. The molecule has 0 aliphatic heterocycles. The molecule has 0 heterocycles. The van der Waals surface area contributed by atoms with Crippen LogP contribution in [0.15, 0.2) is 28.7 Å². The zero-order chi connectivity index (χ0) is 5.98. The molecule has 3 heteroatoms. The maximum Gasteiger partial charge on any atom is 0.0177 e. The van der Waals surface area contributed by atoms with Crippen molar-refractivity contribution >= 4 is 15.9 Å². The standard InChI is InChI=1S/C7H7Br.2CH3.V.W/c1-6-3-2-4-7(8)5-6;;;;/h2-5H,1H3;2*1H3;;/q;2*-1;;. The smallest absolute Gasteiger partial charge is 0.0177 e. The molecule has 0 saturated carbocycles. The zero-order valence-corrected chi connectivity index (χ0v) is 13.5. The number of benzene rings is 1. The van der Waals surface area contributed by atoms with Gasteiger partial charge < -0.3 is 14.9 Å². The van der Waals surface area contributed by atoms with Crippen molar-refractivity contribution in [1.82, 2.24) is 0 Å². The molecule has 1 aromatic carbocycles. The van der Waals surface area contributed by atoms with E-state index in [0.29, 0.717) is 0 Å². The fourth-order valence-electron chi connectivity index (χ4n) is 0.606. The quantitative estimate of drug-likeness (QED) is 0.546. The molecule has 0 amide bonds. The maximum absolute atomic E-state index is 3.36. The third-order valence-electron chi connectivity index (χ3n) is 0.980. The van der Waals surface area contributed by atoms with Gasteiger partial charge in [0.05, 0.1) is 0 Å². The van der Waals surface area contributed by atoms with Crippen molar-refractivity contribution in [3.8, 4) is 0 Å². The number of rotatable bonds is 0. The monoisotopic (exact) mass is 435 g/mol. The summed E-state index contributed by atoms with van der Waals surface area (Å²) in [7, 11) is 0. The summed E-state index contributed by atoms with van der Waals surface area (Å²) in [5.41, 5.74) is 1.29. The van der Waals surface area contributed by atoms with Crippen molar-refractivity contribution in [3.63, 3.8) is 0 Å². The first kappa shape index (κ1) is 23.1. The van der Waals surface area contributed by atoms with Crippen LogP contribution in [0.2, 0.25) is 0 Å². The molecule has 0 nitrogen and oxygen atoms in total. The van der Waals surface area contributed by atoms with E-state index in [2.05, 4.69) is 35.0 Å². The van der Waals surface area contributed by atoms with E-state index in [4.69, 9.17) is 0 Å². The topological polar surface area (TPSA) is 0 Å². The Labute approximate surface area is 111 Å². The molecule has 0 aromatic heterocycles. The molecule has 0 aliphatic carbocycles. The number of halogens is 1. The molecule has 1 rings (SSSR count). The Morgan fingerprint density at radius 2 is 1.67 bits per heavy atom. The van der Waals surface area contributed by atoms with Crippen LogP contribution in [0.1, 0.15) is 5.56 Å². The van der Waals surface area contributed by atoms with Crippen molar-refractivity contribution in [1.29, 1.82) is 0 Å². The summed E-state index contributed by atoms with van der Waals surface area (Å²) in [4.78, 5) is 0. The molecule has 0 N–H and O–H groups in total. The normalized spacial score (nSPS) is 6.17. The van der Waals surface area contributed by atoms with Crippen molar-refractivity contribution in [2.24, 2.45) is 0 Å². The van der Waals surface area contributed by atoms with Crippen LogP contribution in [0.25, 0.3) is 0 Å². The van der Waals surface area contributed by atoms with Gasteiger partial charge in [-0.05, 0) is 19.1 Å². The first-order valence-electron chi connectivity index (χ1n) is 2.51. The summed E-state index contributed by atoms with van der Waals surface area (Å²) in [6, 6.07) is 8.21. The van der Waals surface area contributed by atoms with Crippen LogP contribution in [0, 0.1) is 21.8 Å². The van der Waals surface area contributed by atoms with E-state index < -0.39 is 0 Å². The number of hydrogen-bond acceptors (Lipinski definition) is 0. The third-order valence-corrected chi connectivity index (χ3v) is 1.47. The van der Waals surface area contributed by atoms with Crippen LogP contribution in [0.5, 0.6) is 0 Å². The van der Waals surface area contributed by atoms with E-state index in [-0.39, 0.29) is 54.5 Å². The molecule has 0 aliphatic rings. The van der Waals surface area contributed by atoms with Gasteiger partial charge in [0, 0.05) is 44.1 Å². The van der Waals surface area contributed by atoms with Crippen LogP contribution in [0.3, 0.4) is 0 Å². The summed E-state index contributed by atoms with van der Waals surface area (Å²) in [5, 5.41) is 0. The molecule has 0 unspecified atom stereocenters.